The Bertz CT molecular complexity index is 537. The third kappa shape index (κ3) is 4.82. The minimum Gasteiger partial charge on any atom is -0.478 e. The molecule has 0 radical (unpaired) electrons. The molecule has 1 aliphatic heterocycles. The van der Waals surface area contributed by atoms with E-state index >= 15 is 0 Å². The largest absolute Gasteiger partial charge is 0.478 e. The molecule has 22 heavy (non-hydrogen) atoms. The van der Waals surface area contributed by atoms with Gasteiger partial charge in [0.1, 0.15) is 0 Å². The van der Waals surface area contributed by atoms with Gasteiger partial charge in [-0.05, 0) is 37.5 Å². The third-order valence-corrected chi connectivity index (χ3v) is 3.55. The van der Waals surface area contributed by atoms with Crippen LogP contribution in [0.4, 0.5) is 5.69 Å². The van der Waals surface area contributed by atoms with Crippen LogP contribution < -0.4 is 5.32 Å². The number of ether oxygens (including phenoxy) is 2. The van der Waals surface area contributed by atoms with Gasteiger partial charge in [0, 0.05) is 12.3 Å². The highest BCUT2D eigenvalue weighted by Gasteiger charge is 2.15. The van der Waals surface area contributed by atoms with Crippen LogP contribution in [-0.4, -0.2) is 42.9 Å². The summed E-state index contributed by atoms with van der Waals surface area (Å²) in [6, 6.07) is 4.82. The van der Waals surface area contributed by atoms with Gasteiger partial charge in [0.25, 0.3) is 0 Å². The molecular weight excluding hydrogens is 286 g/mol. The Morgan fingerprint density at radius 2 is 2.27 bits per heavy atom. The molecule has 1 aromatic carbocycles. The molecule has 0 spiro atoms. The summed E-state index contributed by atoms with van der Waals surface area (Å²) in [5, 5.41) is 11.7. The van der Waals surface area contributed by atoms with Crippen LogP contribution in [-0.2, 0) is 14.3 Å². The molecule has 0 saturated carbocycles. The van der Waals surface area contributed by atoms with E-state index in [0.29, 0.717) is 24.5 Å². The van der Waals surface area contributed by atoms with Gasteiger partial charge in [-0.25, -0.2) is 4.79 Å². The van der Waals surface area contributed by atoms with Gasteiger partial charge in [-0.1, -0.05) is 6.07 Å². The summed E-state index contributed by atoms with van der Waals surface area (Å²) in [7, 11) is 0. The molecule has 1 saturated heterocycles. The van der Waals surface area contributed by atoms with Crippen molar-refractivity contribution < 1.29 is 24.2 Å². The monoisotopic (exact) mass is 307 g/mol. The fraction of sp³-hybridized carbons (Fsp3) is 0.500. The van der Waals surface area contributed by atoms with Crippen molar-refractivity contribution in [3.05, 3.63) is 29.3 Å². The molecule has 1 heterocycles. The number of benzene rings is 1. The number of carboxylic acid groups (broad SMARTS) is 1. The van der Waals surface area contributed by atoms with E-state index in [9.17, 15) is 9.59 Å². The van der Waals surface area contributed by atoms with Gasteiger partial charge in [0.05, 0.1) is 31.3 Å². The van der Waals surface area contributed by atoms with Crippen molar-refractivity contribution in [3.8, 4) is 0 Å². The van der Waals surface area contributed by atoms with E-state index in [1.807, 2.05) is 0 Å². The number of aryl methyl sites for hydroxylation is 1. The minimum absolute atomic E-state index is 0.151. The van der Waals surface area contributed by atoms with Crippen molar-refractivity contribution in [1.29, 1.82) is 0 Å². The Morgan fingerprint density at radius 1 is 1.45 bits per heavy atom. The second-order valence-corrected chi connectivity index (χ2v) is 5.34. The number of carboxylic acids is 1. The average molecular weight is 307 g/mol. The lowest BCUT2D eigenvalue weighted by Crippen LogP contribution is -2.18. The maximum Gasteiger partial charge on any atom is 0.336 e. The molecule has 1 atom stereocenters. The number of amides is 1. The molecule has 1 aliphatic rings. The molecule has 0 aliphatic carbocycles. The summed E-state index contributed by atoms with van der Waals surface area (Å²) in [6.07, 6.45) is 2.45. The van der Waals surface area contributed by atoms with Gasteiger partial charge < -0.3 is 19.9 Å². The molecule has 2 rings (SSSR count). The zero-order chi connectivity index (χ0) is 15.9. The van der Waals surface area contributed by atoms with Gasteiger partial charge in [0.15, 0.2) is 0 Å². The number of hydrogen-bond donors (Lipinski definition) is 2. The van der Waals surface area contributed by atoms with Crippen LogP contribution in [0.5, 0.6) is 0 Å². The normalized spacial score (nSPS) is 17.4. The lowest BCUT2D eigenvalue weighted by Gasteiger charge is -2.10. The van der Waals surface area contributed by atoms with E-state index in [4.69, 9.17) is 14.6 Å². The number of carbonyl (C=O) groups excluding carboxylic acids is 1. The van der Waals surface area contributed by atoms with Crippen LogP contribution in [0.25, 0.3) is 0 Å². The standard InChI is InChI=1S/C16H21NO5/c1-11-4-5-12(9-14(11)16(19)20)17-15(18)6-8-21-10-13-3-2-7-22-13/h4-5,9,13H,2-3,6-8,10H2,1H3,(H,17,18)(H,19,20). The lowest BCUT2D eigenvalue weighted by molar-refractivity contribution is -0.117. The van der Waals surface area contributed by atoms with E-state index in [2.05, 4.69) is 5.32 Å². The Balaban J connectivity index is 1.74. The number of rotatable bonds is 7. The molecule has 0 aromatic heterocycles. The summed E-state index contributed by atoms with van der Waals surface area (Å²) in [5.41, 5.74) is 1.32. The summed E-state index contributed by atoms with van der Waals surface area (Å²) in [4.78, 5) is 22.9. The van der Waals surface area contributed by atoms with Crippen LogP contribution in [0.15, 0.2) is 18.2 Å². The predicted octanol–water partition coefficient (Wildman–Crippen LogP) is 2.22. The van der Waals surface area contributed by atoms with E-state index in [0.717, 1.165) is 19.4 Å². The smallest absolute Gasteiger partial charge is 0.336 e. The predicted molar refractivity (Wildman–Crippen MR) is 81.2 cm³/mol. The first kappa shape index (κ1) is 16.5. The fourth-order valence-electron chi connectivity index (χ4n) is 2.31. The van der Waals surface area contributed by atoms with Crippen molar-refractivity contribution in [2.45, 2.75) is 32.3 Å². The first-order valence-electron chi connectivity index (χ1n) is 7.39. The fourth-order valence-corrected chi connectivity index (χ4v) is 2.31. The summed E-state index contributed by atoms with van der Waals surface area (Å²) in [5.74, 6) is -1.21. The van der Waals surface area contributed by atoms with Crippen molar-refractivity contribution in [2.24, 2.45) is 0 Å². The average Bonchev–Trinajstić information content (AvgIpc) is 2.98. The minimum atomic E-state index is -1.01. The van der Waals surface area contributed by atoms with Crippen LogP contribution in [0.2, 0.25) is 0 Å². The van der Waals surface area contributed by atoms with Gasteiger partial charge in [-0.3, -0.25) is 4.79 Å². The van der Waals surface area contributed by atoms with E-state index in [-0.39, 0.29) is 24.0 Å². The molecule has 120 valence electrons. The number of aromatic carboxylic acids is 1. The maximum absolute atomic E-state index is 11.8. The first-order chi connectivity index (χ1) is 10.6. The molecule has 1 fully saturated rings. The number of nitrogens with one attached hydrogen (secondary N) is 1. The SMILES string of the molecule is Cc1ccc(NC(=O)CCOCC2CCCO2)cc1C(=O)O. The number of hydrogen-bond acceptors (Lipinski definition) is 4. The highest BCUT2D eigenvalue weighted by molar-refractivity contribution is 5.94. The second-order valence-electron chi connectivity index (χ2n) is 5.34. The lowest BCUT2D eigenvalue weighted by atomic mass is 10.1. The molecule has 0 bridgehead atoms. The van der Waals surface area contributed by atoms with Crippen molar-refractivity contribution in [2.75, 3.05) is 25.1 Å². The number of carbonyl (C=O) groups is 2. The third-order valence-electron chi connectivity index (χ3n) is 3.55. The first-order valence-corrected chi connectivity index (χ1v) is 7.39. The van der Waals surface area contributed by atoms with Gasteiger partial charge >= 0.3 is 5.97 Å². The molecule has 1 aromatic rings. The molecule has 1 unspecified atom stereocenters. The molecule has 2 N–H and O–H groups in total. The van der Waals surface area contributed by atoms with Crippen molar-refractivity contribution in [1.82, 2.24) is 0 Å². The summed E-state index contributed by atoms with van der Waals surface area (Å²) in [6.45, 7) is 3.34. The Hall–Kier alpha value is -1.92. The van der Waals surface area contributed by atoms with Crippen LogP contribution in [0, 0.1) is 6.92 Å². The molecular formula is C16H21NO5. The van der Waals surface area contributed by atoms with Crippen molar-refractivity contribution >= 4 is 17.6 Å². The summed E-state index contributed by atoms with van der Waals surface area (Å²) < 4.78 is 10.8. The van der Waals surface area contributed by atoms with Gasteiger partial charge in [0.2, 0.25) is 5.91 Å². The van der Waals surface area contributed by atoms with Crippen LogP contribution >= 0.6 is 0 Å². The Morgan fingerprint density at radius 3 is 2.95 bits per heavy atom. The van der Waals surface area contributed by atoms with E-state index in [1.165, 1.54) is 6.07 Å². The van der Waals surface area contributed by atoms with Gasteiger partial charge in [-0.15, -0.1) is 0 Å². The summed E-state index contributed by atoms with van der Waals surface area (Å²) >= 11 is 0. The Kier molecular flexibility index (Phi) is 5.91. The Labute approximate surface area is 129 Å². The van der Waals surface area contributed by atoms with Crippen LogP contribution in [0.3, 0.4) is 0 Å². The van der Waals surface area contributed by atoms with E-state index < -0.39 is 5.97 Å². The zero-order valence-corrected chi connectivity index (χ0v) is 12.6. The molecule has 6 nitrogen and oxygen atoms in total. The van der Waals surface area contributed by atoms with Crippen molar-refractivity contribution in [3.63, 3.8) is 0 Å². The highest BCUT2D eigenvalue weighted by Crippen LogP contribution is 2.16. The quantitative estimate of drug-likeness (QED) is 0.754. The molecule has 6 heteroatoms. The molecule has 1 amide bonds. The highest BCUT2D eigenvalue weighted by atomic mass is 16.5. The zero-order valence-electron chi connectivity index (χ0n) is 12.6. The van der Waals surface area contributed by atoms with Gasteiger partial charge in [-0.2, -0.15) is 0 Å². The second kappa shape index (κ2) is 7.91. The van der Waals surface area contributed by atoms with E-state index in [1.54, 1.807) is 19.1 Å². The topological polar surface area (TPSA) is 84.9 Å². The van der Waals surface area contributed by atoms with Crippen LogP contribution in [0.1, 0.15) is 35.2 Å². The number of anilines is 1. The maximum atomic E-state index is 11.8.